The fourth-order valence-electron chi connectivity index (χ4n) is 2.18. The van der Waals surface area contributed by atoms with Crippen LogP contribution in [0.1, 0.15) is 38.7 Å². The maximum atomic E-state index is 12.5. The molecule has 1 amide bonds. The van der Waals surface area contributed by atoms with Gasteiger partial charge >= 0.3 is 0 Å². The van der Waals surface area contributed by atoms with E-state index in [2.05, 4.69) is 10.0 Å². The first-order valence-electron chi connectivity index (χ1n) is 7.67. The zero-order chi connectivity index (χ0) is 16.3. The van der Waals surface area contributed by atoms with Crippen molar-refractivity contribution in [3.05, 3.63) is 29.8 Å². The lowest BCUT2D eigenvalue weighted by Crippen LogP contribution is -2.47. The van der Waals surface area contributed by atoms with Crippen LogP contribution in [0.25, 0.3) is 0 Å². The Labute approximate surface area is 132 Å². The van der Waals surface area contributed by atoms with Gasteiger partial charge in [0.1, 0.15) is 6.04 Å². The Bertz CT molecular complexity index is 619. The first-order chi connectivity index (χ1) is 10.3. The molecule has 6 heteroatoms. The van der Waals surface area contributed by atoms with Crippen LogP contribution >= 0.6 is 0 Å². The average molecular weight is 324 g/mol. The van der Waals surface area contributed by atoms with E-state index < -0.39 is 16.1 Å². The van der Waals surface area contributed by atoms with Crippen molar-refractivity contribution in [3.63, 3.8) is 0 Å². The Balaban J connectivity index is 2.13. The predicted octanol–water partition coefficient (Wildman–Crippen LogP) is 1.97. The maximum Gasteiger partial charge on any atom is 0.241 e. The van der Waals surface area contributed by atoms with Gasteiger partial charge in [0, 0.05) is 6.04 Å². The minimum Gasteiger partial charge on any atom is -0.352 e. The molecular formula is C16H24N2O3S. The van der Waals surface area contributed by atoms with Gasteiger partial charge in [-0.2, -0.15) is 4.72 Å². The molecule has 1 aromatic carbocycles. The molecule has 0 radical (unpaired) electrons. The van der Waals surface area contributed by atoms with E-state index >= 15 is 0 Å². The quantitative estimate of drug-likeness (QED) is 0.805. The number of benzene rings is 1. The molecule has 0 bridgehead atoms. The van der Waals surface area contributed by atoms with Gasteiger partial charge in [0.15, 0.2) is 0 Å². The Morgan fingerprint density at radius 3 is 2.32 bits per heavy atom. The van der Waals surface area contributed by atoms with Crippen LogP contribution in [-0.4, -0.2) is 26.4 Å². The summed E-state index contributed by atoms with van der Waals surface area (Å²) in [4.78, 5) is 12.4. The molecule has 122 valence electrons. The molecule has 1 saturated carbocycles. The Morgan fingerprint density at radius 2 is 1.82 bits per heavy atom. The van der Waals surface area contributed by atoms with Gasteiger partial charge < -0.3 is 5.32 Å². The van der Waals surface area contributed by atoms with Gasteiger partial charge in [-0.3, -0.25) is 4.79 Å². The molecule has 0 aromatic heterocycles. The molecule has 2 rings (SSSR count). The molecule has 0 heterocycles. The van der Waals surface area contributed by atoms with Crippen molar-refractivity contribution in [2.75, 3.05) is 0 Å². The largest absolute Gasteiger partial charge is 0.352 e. The van der Waals surface area contributed by atoms with Crippen LogP contribution in [0.2, 0.25) is 0 Å². The van der Waals surface area contributed by atoms with Crippen molar-refractivity contribution < 1.29 is 13.2 Å². The fraction of sp³-hybridized carbons (Fsp3) is 0.562. The molecule has 1 atom stereocenters. The summed E-state index contributed by atoms with van der Waals surface area (Å²) in [5, 5.41) is 2.88. The molecule has 1 aromatic rings. The second kappa shape index (κ2) is 6.79. The van der Waals surface area contributed by atoms with Crippen LogP contribution in [0.4, 0.5) is 0 Å². The van der Waals surface area contributed by atoms with Crippen molar-refractivity contribution in [2.24, 2.45) is 5.92 Å². The molecular weight excluding hydrogens is 300 g/mol. The van der Waals surface area contributed by atoms with Gasteiger partial charge in [-0.1, -0.05) is 31.5 Å². The average Bonchev–Trinajstić information content (AvgIpc) is 3.21. The highest BCUT2D eigenvalue weighted by molar-refractivity contribution is 7.89. The molecule has 2 N–H and O–H groups in total. The number of carbonyl (C=O) groups is 1. The third-order valence-electron chi connectivity index (χ3n) is 3.58. The van der Waals surface area contributed by atoms with Crippen LogP contribution in [0, 0.1) is 12.8 Å². The van der Waals surface area contributed by atoms with Crippen molar-refractivity contribution in [1.82, 2.24) is 10.0 Å². The molecule has 22 heavy (non-hydrogen) atoms. The third-order valence-corrected chi connectivity index (χ3v) is 5.06. The molecule has 0 saturated heterocycles. The van der Waals surface area contributed by atoms with Crippen LogP contribution in [-0.2, 0) is 14.8 Å². The Kier molecular flexibility index (Phi) is 5.24. The molecule has 1 aliphatic rings. The van der Waals surface area contributed by atoms with Gasteiger partial charge in [0.05, 0.1) is 4.90 Å². The molecule has 1 aliphatic carbocycles. The summed E-state index contributed by atoms with van der Waals surface area (Å²) in [6, 6.07) is 6.09. The van der Waals surface area contributed by atoms with Crippen LogP contribution in [0.3, 0.4) is 0 Å². The topological polar surface area (TPSA) is 75.3 Å². The van der Waals surface area contributed by atoms with E-state index in [-0.39, 0.29) is 22.8 Å². The van der Waals surface area contributed by atoms with Crippen molar-refractivity contribution in [1.29, 1.82) is 0 Å². The Hall–Kier alpha value is -1.40. The molecule has 1 unspecified atom stereocenters. The van der Waals surface area contributed by atoms with Gasteiger partial charge in [0.2, 0.25) is 15.9 Å². The summed E-state index contributed by atoms with van der Waals surface area (Å²) in [7, 11) is -3.69. The van der Waals surface area contributed by atoms with Crippen LogP contribution in [0.5, 0.6) is 0 Å². The molecule has 1 fully saturated rings. The summed E-state index contributed by atoms with van der Waals surface area (Å²) in [6.07, 6.45) is 2.43. The first kappa shape index (κ1) is 17.0. The van der Waals surface area contributed by atoms with Crippen LogP contribution in [0.15, 0.2) is 29.2 Å². The summed E-state index contributed by atoms with van der Waals surface area (Å²) >= 11 is 0. The highest BCUT2D eigenvalue weighted by Gasteiger charge is 2.30. The highest BCUT2D eigenvalue weighted by atomic mass is 32.2. The summed E-state index contributed by atoms with van der Waals surface area (Å²) < 4.78 is 27.5. The third kappa shape index (κ3) is 4.81. The van der Waals surface area contributed by atoms with Gasteiger partial charge in [-0.05, 0) is 44.2 Å². The smallest absolute Gasteiger partial charge is 0.241 e. The van der Waals surface area contributed by atoms with Gasteiger partial charge in [-0.15, -0.1) is 0 Å². The molecule has 0 aliphatic heterocycles. The summed E-state index contributed by atoms with van der Waals surface area (Å²) in [5.41, 5.74) is 0.990. The van der Waals surface area contributed by atoms with Gasteiger partial charge in [0.25, 0.3) is 0 Å². The summed E-state index contributed by atoms with van der Waals surface area (Å²) in [5.74, 6) is -0.0115. The van der Waals surface area contributed by atoms with Crippen molar-refractivity contribution >= 4 is 15.9 Å². The zero-order valence-corrected chi connectivity index (χ0v) is 14.1. The van der Waals surface area contributed by atoms with Gasteiger partial charge in [-0.25, -0.2) is 8.42 Å². The summed E-state index contributed by atoms with van der Waals surface area (Å²) in [6.45, 7) is 5.84. The van der Waals surface area contributed by atoms with Crippen molar-refractivity contribution in [3.8, 4) is 0 Å². The van der Waals surface area contributed by atoms with Crippen LogP contribution < -0.4 is 10.0 Å². The predicted molar refractivity (Wildman–Crippen MR) is 85.9 cm³/mol. The number of nitrogens with one attached hydrogen (secondary N) is 2. The standard InChI is InChI=1S/C16H24N2O3S/c1-11(2)10-15(16(19)17-13-6-7-13)18-22(20,21)14-8-4-12(3)5-9-14/h4-5,8-9,11,13,15,18H,6-7,10H2,1-3H3,(H,17,19). The number of carbonyl (C=O) groups excluding carboxylic acids is 1. The number of amides is 1. The van der Waals surface area contributed by atoms with E-state index in [0.29, 0.717) is 6.42 Å². The number of aryl methyl sites for hydroxylation is 1. The first-order valence-corrected chi connectivity index (χ1v) is 9.15. The lowest BCUT2D eigenvalue weighted by molar-refractivity contribution is -0.123. The lowest BCUT2D eigenvalue weighted by Gasteiger charge is -2.20. The SMILES string of the molecule is Cc1ccc(S(=O)(=O)NC(CC(C)C)C(=O)NC2CC2)cc1. The number of rotatable bonds is 7. The highest BCUT2D eigenvalue weighted by Crippen LogP contribution is 2.20. The monoisotopic (exact) mass is 324 g/mol. The van der Waals surface area contributed by atoms with E-state index in [9.17, 15) is 13.2 Å². The zero-order valence-electron chi connectivity index (χ0n) is 13.3. The van der Waals surface area contributed by atoms with E-state index in [1.807, 2.05) is 20.8 Å². The minimum atomic E-state index is -3.69. The second-order valence-electron chi connectivity index (χ2n) is 6.40. The number of hydrogen-bond donors (Lipinski definition) is 2. The lowest BCUT2D eigenvalue weighted by atomic mass is 10.0. The normalized spacial score (nSPS) is 16.5. The van der Waals surface area contributed by atoms with E-state index in [1.165, 1.54) is 0 Å². The fourth-order valence-corrected chi connectivity index (χ4v) is 3.39. The molecule has 0 spiro atoms. The molecule has 5 nitrogen and oxygen atoms in total. The maximum absolute atomic E-state index is 12.5. The second-order valence-corrected chi connectivity index (χ2v) is 8.11. The van der Waals surface area contributed by atoms with E-state index in [4.69, 9.17) is 0 Å². The number of hydrogen-bond acceptors (Lipinski definition) is 3. The van der Waals surface area contributed by atoms with E-state index in [0.717, 1.165) is 18.4 Å². The number of sulfonamides is 1. The van der Waals surface area contributed by atoms with Crippen molar-refractivity contribution in [2.45, 2.75) is 57.0 Å². The Morgan fingerprint density at radius 1 is 1.23 bits per heavy atom. The van der Waals surface area contributed by atoms with E-state index in [1.54, 1.807) is 24.3 Å². The minimum absolute atomic E-state index is 0.186.